The van der Waals surface area contributed by atoms with E-state index in [1.807, 2.05) is 0 Å². The van der Waals surface area contributed by atoms with E-state index in [2.05, 4.69) is 5.16 Å². The van der Waals surface area contributed by atoms with Crippen LogP contribution in [0.3, 0.4) is 0 Å². The summed E-state index contributed by atoms with van der Waals surface area (Å²) in [6, 6.07) is 6.58. The molecule has 0 spiro atoms. The Hall–Kier alpha value is -2.72. The van der Waals surface area contributed by atoms with Crippen LogP contribution in [0.4, 0.5) is 5.69 Å². The molecule has 0 radical (unpaired) electrons. The molecule has 1 aromatic heterocycles. The molecule has 0 bridgehead atoms. The Kier molecular flexibility index (Phi) is 5.37. The molecule has 2 aliphatic rings. The lowest BCUT2D eigenvalue weighted by molar-refractivity contribution is -0.117. The maximum absolute atomic E-state index is 13.2. The van der Waals surface area contributed by atoms with Crippen molar-refractivity contribution >= 4 is 27.5 Å². The van der Waals surface area contributed by atoms with Gasteiger partial charge in [-0.25, -0.2) is 8.42 Å². The maximum Gasteiger partial charge on any atom is 0.292 e. The molecule has 3 heterocycles. The molecule has 2 aromatic rings. The van der Waals surface area contributed by atoms with Crippen LogP contribution in [0.25, 0.3) is 0 Å². The summed E-state index contributed by atoms with van der Waals surface area (Å²) < 4.78 is 32.7. The number of sulfonamides is 1. The Morgan fingerprint density at radius 2 is 1.80 bits per heavy atom. The lowest BCUT2D eigenvalue weighted by atomic mass is 10.2. The van der Waals surface area contributed by atoms with E-state index in [1.54, 1.807) is 47.9 Å². The van der Waals surface area contributed by atoms with E-state index < -0.39 is 10.0 Å². The minimum absolute atomic E-state index is 0.0627. The Morgan fingerprint density at radius 3 is 2.37 bits per heavy atom. The highest BCUT2D eigenvalue weighted by Gasteiger charge is 2.32. The number of benzene rings is 1. The van der Waals surface area contributed by atoms with Crippen molar-refractivity contribution in [2.75, 3.05) is 37.6 Å². The van der Waals surface area contributed by atoms with Crippen molar-refractivity contribution in [3.63, 3.8) is 0 Å². The van der Waals surface area contributed by atoms with Crippen LogP contribution in [-0.2, 0) is 14.8 Å². The van der Waals surface area contributed by atoms with Crippen LogP contribution in [-0.4, -0.2) is 67.3 Å². The Morgan fingerprint density at radius 1 is 1.07 bits per heavy atom. The van der Waals surface area contributed by atoms with Gasteiger partial charge in [-0.2, -0.15) is 4.31 Å². The van der Waals surface area contributed by atoms with E-state index in [0.717, 1.165) is 12.1 Å². The predicted molar refractivity (Wildman–Crippen MR) is 109 cm³/mol. The third-order valence-electron chi connectivity index (χ3n) is 5.53. The largest absolute Gasteiger partial charge is 0.351 e. The second-order valence-corrected chi connectivity index (χ2v) is 9.53. The normalized spacial score (nSPS) is 18.3. The quantitative estimate of drug-likeness (QED) is 0.726. The number of nitrogens with zero attached hydrogens (tertiary/aromatic N) is 4. The molecule has 0 aliphatic carbocycles. The van der Waals surface area contributed by atoms with Gasteiger partial charge in [0, 0.05) is 50.9 Å². The molecule has 1 aromatic carbocycles. The molecule has 2 saturated heterocycles. The van der Waals surface area contributed by atoms with E-state index in [9.17, 15) is 18.0 Å². The summed E-state index contributed by atoms with van der Waals surface area (Å²) in [5.74, 6) is -0.0668. The molecule has 4 rings (SSSR count). The van der Waals surface area contributed by atoms with Gasteiger partial charge in [0.25, 0.3) is 5.91 Å². The lowest BCUT2D eigenvalue weighted by Gasteiger charge is -2.33. The van der Waals surface area contributed by atoms with Crippen LogP contribution in [0.1, 0.15) is 34.7 Å². The van der Waals surface area contributed by atoms with Crippen molar-refractivity contribution in [2.24, 2.45) is 0 Å². The van der Waals surface area contributed by atoms with Crippen LogP contribution >= 0.6 is 0 Å². The molecule has 0 saturated carbocycles. The van der Waals surface area contributed by atoms with Crippen LogP contribution in [0.5, 0.6) is 0 Å². The lowest BCUT2D eigenvalue weighted by Crippen LogP contribution is -2.50. The molecule has 0 N–H and O–H groups in total. The van der Waals surface area contributed by atoms with Gasteiger partial charge >= 0.3 is 0 Å². The summed E-state index contributed by atoms with van der Waals surface area (Å²) in [6.07, 6.45) is 1.34. The number of amides is 2. The molecule has 0 atom stereocenters. The molecule has 2 amide bonds. The molecule has 10 heteroatoms. The zero-order chi connectivity index (χ0) is 21.5. The molecule has 2 fully saturated rings. The van der Waals surface area contributed by atoms with E-state index in [0.29, 0.717) is 24.2 Å². The maximum atomic E-state index is 13.2. The summed E-state index contributed by atoms with van der Waals surface area (Å²) >= 11 is 0. The van der Waals surface area contributed by atoms with Gasteiger partial charge in [-0.3, -0.25) is 9.59 Å². The Bertz CT molecular complexity index is 1090. The molecule has 0 unspecified atom stereocenters. The first-order chi connectivity index (χ1) is 14.3. The zero-order valence-electron chi connectivity index (χ0n) is 17.0. The van der Waals surface area contributed by atoms with Crippen molar-refractivity contribution < 1.29 is 22.5 Å². The van der Waals surface area contributed by atoms with Gasteiger partial charge in [0.05, 0.1) is 10.6 Å². The highest BCUT2D eigenvalue weighted by atomic mass is 32.2. The average Bonchev–Trinajstić information content (AvgIpc) is 3.35. The smallest absolute Gasteiger partial charge is 0.292 e. The molecule has 9 nitrogen and oxygen atoms in total. The third kappa shape index (κ3) is 3.72. The van der Waals surface area contributed by atoms with Crippen molar-refractivity contribution in [2.45, 2.75) is 31.6 Å². The number of aryl methyl sites for hydroxylation is 2. The summed E-state index contributed by atoms with van der Waals surface area (Å²) in [7, 11) is -3.70. The van der Waals surface area contributed by atoms with Gasteiger partial charge < -0.3 is 14.3 Å². The van der Waals surface area contributed by atoms with E-state index in [4.69, 9.17) is 4.52 Å². The minimum Gasteiger partial charge on any atom is -0.351 e. The first kappa shape index (κ1) is 20.5. The number of carbonyl (C=O) groups is 2. The number of hydrogen-bond donors (Lipinski definition) is 0. The van der Waals surface area contributed by atoms with Crippen LogP contribution in [0, 0.1) is 13.8 Å². The van der Waals surface area contributed by atoms with Gasteiger partial charge in [0.2, 0.25) is 21.7 Å². The fourth-order valence-electron chi connectivity index (χ4n) is 3.90. The summed E-state index contributed by atoms with van der Waals surface area (Å²) in [6.45, 7) is 5.08. The number of piperazine rings is 1. The number of aromatic nitrogens is 1. The molecular formula is C20H24N4O5S. The van der Waals surface area contributed by atoms with Crippen molar-refractivity contribution in [3.05, 3.63) is 41.3 Å². The van der Waals surface area contributed by atoms with E-state index in [-0.39, 0.29) is 48.6 Å². The SMILES string of the molecule is Cc1cc(C(=O)N2CCN(S(=O)(=O)c3ccc(N4CCCC4=O)cc3C)CC2)on1. The van der Waals surface area contributed by atoms with E-state index in [1.165, 1.54) is 4.31 Å². The first-order valence-corrected chi connectivity index (χ1v) is 11.3. The van der Waals surface area contributed by atoms with Gasteiger partial charge in [-0.05, 0) is 44.0 Å². The second-order valence-electron chi connectivity index (χ2n) is 7.63. The summed E-state index contributed by atoms with van der Waals surface area (Å²) in [5, 5.41) is 3.72. The summed E-state index contributed by atoms with van der Waals surface area (Å²) in [4.78, 5) is 27.9. The molecular weight excluding hydrogens is 408 g/mol. The van der Waals surface area contributed by atoms with Crippen molar-refractivity contribution in [1.29, 1.82) is 0 Å². The number of rotatable bonds is 4. The second kappa shape index (κ2) is 7.84. The van der Waals surface area contributed by atoms with Crippen LogP contribution < -0.4 is 4.90 Å². The minimum atomic E-state index is -3.70. The molecule has 30 heavy (non-hydrogen) atoms. The average molecular weight is 433 g/mol. The predicted octanol–water partition coefficient (Wildman–Crippen LogP) is 1.56. The van der Waals surface area contributed by atoms with Gasteiger partial charge in [0.1, 0.15) is 0 Å². The Labute approximate surface area is 175 Å². The number of hydrogen-bond acceptors (Lipinski definition) is 6. The fraction of sp³-hybridized carbons (Fsp3) is 0.450. The summed E-state index contributed by atoms with van der Waals surface area (Å²) in [5.41, 5.74) is 1.95. The first-order valence-electron chi connectivity index (χ1n) is 9.91. The van der Waals surface area contributed by atoms with Gasteiger partial charge in [0.15, 0.2) is 0 Å². The van der Waals surface area contributed by atoms with Crippen molar-refractivity contribution in [3.8, 4) is 0 Å². The highest BCUT2D eigenvalue weighted by molar-refractivity contribution is 7.89. The van der Waals surface area contributed by atoms with Crippen LogP contribution in [0.15, 0.2) is 33.7 Å². The Balaban J connectivity index is 1.47. The van der Waals surface area contributed by atoms with E-state index >= 15 is 0 Å². The fourth-order valence-corrected chi connectivity index (χ4v) is 5.53. The van der Waals surface area contributed by atoms with Crippen LogP contribution in [0.2, 0.25) is 0 Å². The molecule has 2 aliphatic heterocycles. The monoisotopic (exact) mass is 432 g/mol. The topological polar surface area (TPSA) is 104 Å². The zero-order valence-corrected chi connectivity index (χ0v) is 17.8. The highest BCUT2D eigenvalue weighted by Crippen LogP contribution is 2.28. The number of carbonyl (C=O) groups excluding carboxylic acids is 2. The van der Waals surface area contributed by atoms with Crippen molar-refractivity contribution in [1.82, 2.24) is 14.4 Å². The standard InChI is InChI=1S/C20H24N4O5S/c1-14-12-16(24-7-3-4-19(24)25)5-6-18(14)30(27,28)23-10-8-22(9-11-23)20(26)17-13-15(2)21-29-17/h5-6,12-13H,3-4,7-11H2,1-2H3. The van der Waals surface area contributed by atoms with Gasteiger partial charge in [-0.1, -0.05) is 5.16 Å². The molecule has 160 valence electrons. The number of anilines is 1. The van der Waals surface area contributed by atoms with Gasteiger partial charge in [-0.15, -0.1) is 0 Å². The third-order valence-corrected chi connectivity index (χ3v) is 7.58.